The van der Waals surface area contributed by atoms with Crippen LogP contribution in [0.3, 0.4) is 0 Å². The third-order valence-corrected chi connectivity index (χ3v) is 5.54. The van der Waals surface area contributed by atoms with Crippen LogP contribution in [-0.4, -0.2) is 18.2 Å². The minimum atomic E-state index is 0.460. The highest BCUT2D eigenvalue weighted by molar-refractivity contribution is 9.10. The number of benzene rings is 2. The van der Waals surface area contributed by atoms with Crippen molar-refractivity contribution in [2.45, 2.75) is 25.4 Å². The van der Waals surface area contributed by atoms with Crippen molar-refractivity contribution in [3.05, 3.63) is 70.5 Å². The first-order chi connectivity index (χ1) is 12.3. The van der Waals surface area contributed by atoms with Gasteiger partial charge in [-0.05, 0) is 40.4 Å². The first-order valence-corrected chi connectivity index (χ1v) is 9.44. The van der Waals surface area contributed by atoms with Crippen LogP contribution < -0.4 is 4.74 Å². The van der Waals surface area contributed by atoms with E-state index in [1.165, 1.54) is 0 Å². The SMILES string of the molecule is Brc1c(C2CCOCC2)ncc2c(OCc3ccccc3)cccc12. The maximum Gasteiger partial charge on any atom is 0.129 e. The summed E-state index contributed by atoms with van der Waals surface area (Å²) in [4.78, 5) is 4.76. The lowest BCUT2D eigenvalue weighted by atomic mass is 9.95. The average Bonchev–Trinajstić information content (AvgIpc) is 2.68. The molecule has 0 aliphatic carbocycles. The molecule has 0 saturated carbocycles. The van der Waals surface area contributed by atoms with Crippen molar-refractivity contribution in [3.63, 3.8) is 0 Å². The molecule has 0 atom stereocenters. The number of fused-ring (bicyclic) bond motifs is 1. The summed E-state index contributed by atoms with van der Waals surface area (Å²) in [7, 11) is 0. The van der Waals surface area contributed by atoms with Crippen LogP contribution in [0.1, 0.15) is 30.0 Å². The second-order valence-corrected chi connectivity index (χ2v) is 7.13. The van der Waals surface area contributed by atoms with Crippen LogP contribution in [-0.2, 0) is 11.3 Å². The molecule has 4 heteroatoms. The van der Waals surface area contributed by atoms with Gasteiger partial charge in [-0.1, -0.05) is 42.5 Å². The number of hydrogen-bond donors (Lipinski definition) is 0. The maximum absolute atomic E-state index is 6.06. The van der Waals surface area contributed by atoms with Gasteiger partial charge in [-0.15, -0.1) is 0 Å². The summed E-state index contributed by atoms with van der Waals surface area (Å²) in [5, 5.41) is 2.20. The van der Waals surface area contributed by atoms with Gasteiger partial charge in [0.15, 0.2) is 0 Å². The van der Waals surface area contributed by atoms with Gasteiger partial charge in [-0.25, -0.2) is 0 Å². The topological polar surface area (TPSA) is 31.4 Å². The first kappa shape index (κ1) is 16.6. The number of nitrogens with zero attached hydrogens (tertiary/aromatic N) is 1. The van der Waals surface area contributed by atoms with Crippen LogP contribution in [0.2, 0.25) is 0 Å². The van der Waals surface area contributed by atoms with Crippen molar-refractivity contribution in [2.75, 3.05) is 13.2 Å². The molecule has 0 N–H and O–H groups in total. The molecule has 2 aromatic carbocycles. The zero-order valence-electron chi connectivity index (χ0n) is 14.0. The molecule has 4 rings (SSSR count). The largest absolute Gasteiger partial charge is 0.488 e. The van der Waals surface area contributed by atoms with Crippen molar-refractivity contribution in [3.8, 4) is 5.75 Å². The van der Waals surface area contributed by atoms with E-state index in [0.29, 0.717) is 12.5 Å². The molecular formula is C21H20BrNO2. The zero-order chi connectivity index (χ0) is 17.1. The lowest BCUT2D eigenvalue weighted by Crippen LogP contribution is -2.15. The summed E-state index contributed by atoms with van der Waals surface area (Å²) in [6.45, 7) is 2.19. The number of rotatable bonds is 4. The van der Waals surface area contributed by atoms with Crippen LogP contribution in [0.25, 0.3) is 10.8 Å². The Morgan fingerprint density at radius 2 is 1.80 bits per heavy atom. The minimum absolute atomic E-state index is 0.460. The highest BCUT2D eigenvalue weighted by Crippen LogP contribution is 2.37. The zero-order valence-corrected chi connectivity index (χ0v) is 15.5. The normalized spacial score (nSPS) is 15.4. The van der Waals surface area contributed by atoms with Gasteiger partial charge in [0.25, 0.3) is 0 Å². The molecule has 0 unspecified atom stereocenters. The monoisotopic (exact) mass is 397 g/mol. The van der Waals surface area contributed by atoms with Crippen LogP contribution >= 0.6 is 15.9 Å². The van der Waals surface area contributed by atoms with Crippen molar-refractivity contribution in [1.82, 2.24) is 4.98 Å². The van der Waals surface area contributed by atoms with Crippen molar-refractivity contribution < 1.29 is 9.47 Å². The molecule has 128 valence electrons. The third-order valence-electron chi connectivity index (χ3n) is 4.71. The highest BCUT2D eigenvalue weighted by Gasteiger charge is 2.21. The molecule has 3 nitrogen and oxygen atoms in total. The van der Waals surface area contributed by atoms with E-state index in [1.807, 2.05) is 36.5 Å². The molecule has 1 aliphatic rings. The number of hydrogen-bond acceptors (Lipinski definition) is 3. The van der Waals surface area contributed by atoms with Gasteiger partial charge < -0.3 is 9.47 Å². The van der Waals surface area contributed by atoms with Crippen LogP contribution in [0.5, 0.6) is 5.75 Å². The Bertz CT molecular complexity index is 860. The van der Waals surface area contributed by atoms with Crippen molar-refractivity contribution in [1.29, 1.82) is 0 Å². The molecule has 0 amide bonds. The van der Waals surface area contributed by atoms with Crippen molar-refractivity contribution >= 4 is 26.7 Å². The number of pyridine rings is 1. The molecule has 3 aromatic rings. The standard InChI is InChI=1S/C21H20BrNO2/c22-20-17-7-4-8-19(25-14-15-5-2-1-3-6-15)18(17)13-23-21(20)16-9-11-24-12-10-16/h1-8,13,16H,9-12,14H2. The molecule has 2 heterocycles. The van der Waals surface area contributed by atoms with E-state index >= 15 is 0 Å². The second kappa shape index (κ2) is 7.54. The predicted molar refractivity (Wildman–Crippen MR) is 103 cm³/mol. The van der Waals surface area contributed by atoms with Gasteiger partial charge >= 0.3 is 0 Å². The van der Waals surface area contributed by atoms with E-state index in [2.05, 4.69) is 34.1 Å². The smallest absolute Gasteiger partial charge is 0.129 e. The Morgan fingerprint density at radius 3 is 2.60 bits per heavy atom. The van der Waals surface area contributed by atoms with Gasteiger partial charge in [0, 0.05) is 40.6 Å². The Hall–Kier alpha value is -1.91. The molecule has 0 radical (unpaired) electrons. The lowest BCUT2D eigenvalue weighted by Gasteiger charge is -2.23. The van der Waals surface area contributed by atoms with E-state index in [1.54, 1.807) is 0 Å². The van der Waals surface area contributed by atoms with Gasteiger partial charge in [0.05, 0.1) is 5.69 Å². The van der Waals surface area contributed by atoms with Gasteiger partial charge in [0.1, 0.15) is 12.4 Å². The van der Waals surface area contributed by atoms with E-state index in [-0.39, 0.29) is 0 Å². The van der Waals surface area contributed by atoms with Gasteiger partial charge in [-0.2, -0.15) is 0 Å². The summed E-state index contributed by atoms with van der Waals surface area (Å²) >= 11 is 3.79. The first-order valence-electron chi connectivity index (χ1n) is 8.64. The van der Waals surface area contributed by atoms with E-state index in [4.69, 9.17) is 14.5 Å². The summed E-state index contributed by atoms with van der Waals surface area (Å²) in [6.07, 6.45) is 4.01. The fourth-order valence-corrected chi connectivity index (χ4v) is 4.09. The maximum atomic E-state index is 6.06. The van der Waals surface area contributed by atoms with E-state index in [9.17, 15) is 0 Å². The van der Waals surface area contributed by atoms with Crippen molar-refractivity contribution in [2.24, 2.45) is 0 Å². The Kier molecular flexibility index (Phi) is 4.99. The molecule has 1 fully saturated rings. The van der Waals surface area contributed by atoms with Crippen LogP contribution in [0.4, 0.5) is 0 Å². The Labute approximate surface area is 156 Å². The second-order valence-electron chi connectivity index (χ2n) is 6.34. The quantitative estimate of drug-likeness (QED) is 0.584. The summed E-state index contributed by atoms with van der Waals surface area (Å²) in [5.74, 6) is 1.33. The number of halogens is 1. The Morgan fingerprint density at radius 1 is 1.00 bits per heavy atom. The lowest BCUT2D eigenvalue weighted by molar-refractivity contribution is 0.0844. The average molecular weight is 398 g/mol. The van der Waals surface area contributed by atoms with E-state index in [0.717, 1.165) is 58.3 Å². The summed E-state index contributed by atoms with van der Waals surface area (Å²) in [6, 6.07) is 16.4. The predicted octanol–water partition coefficient (Wildman–Crippen LogP) is 5.47. The highest BCUT2D eigenvalue weighted by atomic mass is 79.9. The summed E-state index contributed by atoms with van der Waals surface area (Å²) < 4.78 is 12.6. The summed E-state index contributed by atoms with van der Waals surface area (Å²) in [5.41, 5.74) is 2.29. The molecule has 0 bridgehead atoms. The minimum Gasteiger partial charge on any atom is -0.488 e. The van der Waals surface area contributed by atoms with Gasteiger partial charge in [-0.3, -0.25) is 4.98 Å². The fourth-order valence-electron chi connectivity index (χ4n) is 3.31. The number of aromatic nitrogens is 1. The van der Waals surface area contributed by atoms with Crippen LogP contribution in [0.15, 0.2) is 59.2 Å². The van der Waals surface area contributed by atoms with Gasteiger partial charge in [0.2, 0.25) is 0 Å². The molecule has 1 aliphatic heterocycles. The molecule has 1 aromatic heterocycles. The Balaban J connectivity index is 1.64. The molecule has 1 saturated heterocycles. The fraction of sp³-hybridized carbons (Fsp3) is 0.286. The van der Waals surface area contributed by atoms with Crippen LogP contribution in [0, 0.1) is 0 Å². The molecule has 25 heavy (non-hydrogen) atoms. The van der Waals surface area contributed by atoms with E-state index < -0.39 is 0 Å². The number of ether oxygens (including phenoxy) is 2. The third kappa shape index (κ3) is 3.55. The molecular weight excluding hydrogens is 378 g/mol. The molecule has 0 spiro atoms.